The maximum Gasteiger partial charge on any atom is 0.320 e. The van der Waals surface area contributed by atoms with E-state index in [4.69, 9.17) is 13.9 Å². The second kappa shape index (κ2) is 9.43. The first-order chi connectivity index (χ1) is 14.4. The van der Waals surface area contributed by atoms with Crippen LogP contribution in [-0.4, -0.2) is 22.7 Å². The number of nitrogens with zero attached hydrogens (tertiary/aromatic N) is 1. The normalized spacial score (nSPS) is 12.0. The molecule has 0 spiro atoms. The molecule has 1 aromatic heterocycles. The summed E-state index contributed by atoms with van der Waals surface area (Å²) in [5.74, 6) is -1.27. The zero-order chi connectivity index (χ0) is 21.7. The van der Waals surface area contributed by atoms with Gasteiger partial charge in [-0.2, -0.15) is 4.98 Å². The first-order valence-electron chi connectivity index (χ1n) is 9.75. The molecule has 1 N–H and O–H groups in total. The van der Waals surface area contributed by atoms with Gasteiger partial charge in [0, 0.05) is 11.1 Å². The molecule has 1 heterocycles. The fourth-order valence-electron chi connectivity index (χ4n) is 3.06. The van der Waals surface area contributed by atoms with E-state index in [1.54, 1.807) is 24.3 Å². The smallest absolute Gasteiger partial charge is 0.320 e. The number of phenolic OH excluding ortho intramolecular Hbond substituents is 1. The van der Waals surface area contributed by atoms with Crippen molar-refractivity contribution in [3.8, 4) is 28.5 Å². The van der Waals surface area contributed by atoms with Crippen LogP contribution < -0.4 is 9.47 Å². The van der Waals surface area contributed by atoms with Gasteiger partial charge in [-0.05, 0) is 30.0 Å². The summed E-state index contributed by atoms with van der Waals surface area (Å²) in [4.78, 5) is 16.5. The van der Waals surface area contributed by atoms with Crippen LogP contribution in [0.15, 0.2) is 53.5 Å². The number of hydrogen-bond donors (Lipinski definition) is 1. The molecule has 0 aliphatic rings. The molecule has 158 valence electrons. The molecule has 0 aliphatic carbocycles. The van der Waals surface area contributed by atoms with Crippen molar-refractivity contribution in [1.82, 2.24) is 4.98 Å². The summed E-state index contributed by atoms with van der Waals surface area (Å²) in [5, 5.41) is 11.0. The highest BCUT2D eigenvalue weighted by molar-refractivity contribution is 5.83. The third-order valence-corrected chi connectivity index (χ3v) is 4.56. The van der Waals surface area contributed by atoms with Gasteiger partial charge in [-0.3, -0.25) is 4.79 Å². The Bertz CT molecular complexity index is 984. The zero-order valence-electron chi connectivity index (χ0n) is 17.1. The minimum Gasteiger partial charge on any atom is -0.504 e. The Balaban J connectivity index is 2.00. The Morgan fingerprint density at radius 3 is 2.53 bits per heavy atom. The number of oxazole rings is 1. The number of ether oxygens (including phenoxy) is 2. The number of aromatic hydroxyl groups is 1. The molecule has 0 fully saturated rings. The van der Waals surface area contributed by atoms with Crippen molar-refractivity contribution in [2.45, 2.75) is 33.1 Å². The predicted octanol–water partition coefficient (Wildman–Crippen LogP) is 5.32. The van der Waals surface area contributed by atoms with Crippen LogP contribution in [0.25, 0.3) is 11.1 Å². The van der Waals surface area contributed by atoms with E-state index in [2.05, 4.69) is 4.98 Å². The van der Waals surface area contributed by atoms with E-state index in [1.165, 1.54) is 18.4 Å². The number of carbonyl (C=O) groups is 1. The summed E-state index contributed by atoms with van der Waals surface area (Å²) in [6.45, 7) is 6.16. The highest BCUT2D eigenvalue weighted by atomic mass is 19.1. The lowest BCUT2D eigenvalue weighted by atomic mass is 9.92. The Labute approximate surface area is 174 Å². The molecule has 0 bridgehead atoms. The SMILES string of the molecule is CCC(C(=O)Oc1cocn1)c1ccc(-c2ccc(F)cc2)c(OCC(C)C)c1O. The van der Waals surface area contributed by atoms with Gasteiger partial charge in [-0.25, -0.2) is 4.39 Å². The van der Waals surface area contributed by atoms with E-state index in [1.807, 2.05) is 20.8 Å². The van der Waals surface area contributed by atoms with Crippen LogP contribution in [0, 0.1) is 11.7 Å². The average Bonchev–Trinajstić information content (AvgIpc) is 3.22. The molecular weight excluding hydrogens is 389 g/mol. The lowest BCUT2D eigenvalue weighted by molar-refractivity contribution is -0.136. The van der Waals surface area contributed by atoms with E-state index < -0.39 is 11.9 Å². The van der Waals surface area contributed by atoms with E-state index in [0.29, 0.717) is 29.7 Å². The van der Waals surface area contributed by atoms with Crippen LogP contribution in [-0.2, 0) is 4.79 Å². The Morgan fingerprint density at radius 2 is 1.93 bits per heavy atom. The van der Waals surface area contributed by atoms with Crippen LogP contribution in [0.1, 0.15) is 38.7 Å². The molecule has 0 saturated carbocycles. The van der Waals surface area contributed by atoms with E-state index in [-0.39, 0.29) is 29.1 Å². The van der Waals surface area contributed by atoms with Crippen LogP contribution in [0.3, 0.4) is 0 Å². The summed E-state index contributed by atoms with van der Waals surface area (Å²) in [6, 6.07) is 9.33. The molecule has 0 amide bonds. The molecule has 0 radical (unpaired) electrons. The Hall–Kier alpha value is -3.35. The molecule has 3 aromatic rings. The molecule has 0 aliphatic heterocycles. The maximum absolute atomic E-state index is 13.4. The minimum absolute atomic E-state index is 0.0529. The standard InChI is InChI=1S/C23H24FNO5/c1-4-17(23(27)30-20-12-28-13-25-20)19-10-9-18(15-5-7-16(24)8-6-15)22(21(19)26)29-11-14(2)3/h5-10,12-14,17,26H,4,11H2,1-3H3. The van der Waals surface area contributed by atoms with E-state index in [9.17, 15) is 14.3 Å². The number of aromatic nitrogens is 1. The lowest BCUT2D eigenvalue weighted by Crippen LogP contribution is -2.19. The van der Waals surface area contributed by atoms with Crippen molar-refractivity contribution >= 4 is 5.97 Å². The van der Waals surface area contributed by atoms with E-state index >= 15 is 0 Å². The van der Waals surface area contributed by atoms with Crippen molar-refractivity contribution in [2.75, 3.05) is 6.61 Å². The lowest BCUT2D eigenvalue weighted by Gasteiger charge is -2.20. The van der Waals surface area contributed by atoms with Crippen molar-refractivity contribution < 1.29 is 28.2 Å². The summed E-state index contributed by atoms with van der Waals surface area (Å²) in [5.41, 5.74) is 1.68. The Kier molecular flexibility index (Phi) is 6.72. The maximum atomic E-state index is 13.4. The number of carbonyl (C=O) groups excluding carboxylic acids is 1. The second-order valence-electron chi connectivity index (χ2n) is 7.30. The molecule has 6 nitrogen and oxygen atoms in total. The first-order valence-corrected chi connectivity index (χ1v) is 9.75. The third-order valence-electron chi connectivity index (χ3n) is 4.56. The zero-order valence-corrected chi connectivity index (χ0v) is 17.1. The highest BCUT2D eigenvalue weighted by Crippen LogP contribution is 2.43. The average molecular weight is 413 g/mol. The molecular formula is C23H24FNO5. The summed E-state index contributed by atoms with van der Waals surface area (Å²) < 4.78 is 29.3. The number of phenols is 1. The van der Waals surface area contributed by atoms with Crippen molar-refractivity contribution in [3.63, 3.8) is 0 Å². The van der Waals surface area contributed by atoms with Crippen LogP contribution >= 0.6 is 0 Å². The highest BCUT2D eigenvalue weighted by Gasteiger charge is 2.28. The van der Waals surface area contributed by atoms with Gasteiger partial charge in [0.2, 0.25) is 0 Å². The van der Waals surface area contributed by atoms with Crippen LogP contribution in [0.5, 0.6) is 17.4 Å². The summed E-state index contributed by atoms with van der Waals surface area (Å²) >= 11 is 0. The topological polar surface area (TPSA) is 81.8 Å². The van der Waals surface area contributed by atoms with Crippen molar-refractivity contribution in [3.05, 3.63) is 60.4 Å². The van der Waals surface area contributed by atoms with Gasteiger partial charge in [-0.15, -0.1) is 0 Å². The van der Waals surface area contributed by atoms with E-state index in [0.717, 1.165) is 6.39 Å². The minimum atomic E-state index is -0.731. The first kappa shape index (κ1) is 21.4. The molecule has 1 unspecified atom stereocenters. The fraction of sp³-hybridized carbons (Fsp3) is 0.304. The largest absolute Gasteiger partial charge is 0.504 e. The fourth-order valence-corrected chi connectivity index (χ4v) is 3.06. The monoisotopic (exact) mass is 413 g/mol. The molecule has 3 rings (SSSR count). The van der Waals surface area contributed by atoms with Crippen LogP contribution in [0.4, 0.5) is 4.39 Å². The predicted molar refractivity (Wildman–Crippen MR) is 109 cm³/mol. The summed E-state index contributed by atoms with van der Waals surface area (Å²) in [7, 11) is 0. The van der Waals surface area contributed by atoms with Gasteiger partial charge in [0.1, 0.15) is 5.82 Å². The number of hydrogen-bond acceptors (Lipinski definition) is 6. The van der Waals surface area contributed by atoms with Gasteiger partial charge >= 0.3 is 5.97 Å². The van der Waals surface area contributed by atoms with Gasteiger partial charge in [0.15, 0.2) is 24.2 Å². The molecule has 2 aromatic carbocycles. The quantitative estimate of drug-likeness (QED) is 0.503. The second-order valence-corrected chi connectivity index (χ2v) is 7.30. The molecule has 30 heavy (non-hydrogen) atoms. The Morgan fingerprint density at radius 1 is 1.20 bits per heavy atom. The summed E-state index contributed by atoms with van der Waals surface area (Å²) in [6.07, 6.45) is 2.78. The number of rotatable bonds is 8. The van der Waals surface area contributed by atoms with Crippen molar-refractivity contribution in [2.24, 2.45) is 5.92 Å². The van der Waals surface area contributed by atoms with Crippen molar-refractivity contribution in [1.29, 1.82) is 0 Å². The molecule has 1 atom stereocenters. The number of esters is 1. The van der Waals surface area contributed by atoms with Gasteiger partial charge in [0.25, 0.3) is 5.88 Å². The number of benzene rings is 2. The third kappa shape index (κ3) is 4.79. The van der Waals surface area contributed by atoms with Gasteiger partial charge in [-0.1, -0.05) is 45.0 Å². The van der Waals surface area contributed by atoms with Gasteiger partial charge < -0.3 is 19.0 Å². The van der Waals surface area contributed by atoms with Gasteiger partial charge in [0.05, 0.1) is 12.5 Å². The van der Waals surface area contributed by atoms with Crippen LogP contribution in [0.2, 0.25) is 0 Å². The molecule has 7 heteroatoms. The molecule has 0 saturated heterocycles. The number of halogens is 1.